The SMILES string of the molecule is O=C([C@H](Br)CC1CCC(F)(F)CC1)C(F)(F)F. The Balaban J connectivity index is 2.43. The molecule has 1 rings (SSSR count). The monoisotopic (exact) mass is 322 g/mol. The van der Waals surface area contributed by atoms with Crippen molar-refractivity contribution in [1.29, 1.82) is 0 Å². The molecule has 0 spiro atoms. The maximum atomic E-state index is 12.8. The van der Waals surface area contributed by atoms with Crippen molar-refractivity contribution < 1.29 is 26.7 Å². The highest BCUT2D eigenvalue weighted by Crippen LogP contribution is 2.39. The molecule has 1 fully saturated rings. The van der Waals surface area contributed by atoms with Crippen molar-refractivity contribution in [2.24, 2.45) is 5.92 Å². The summed E-state index contributed by atoms with van der Waals surface area (Å²) >= 11 is 2.69. The van der Waals surface area contributed by atoms with Gasteiger partial charge in [-0.1, -0.05) is 15.9 Å². The van der Waals surface area contributed by atoms with Gasteiger partial charge in [-0.25, -0.2) is 8.78 Å². The molecule has 1 atom stereocenters. The zero-order chi connectivity index (χ0) is 13.3. The number of ketones is 1. The first-order chi connectivity index (χ1) is 7.62. The number of Topliss-reactive ketones (excluding diaryl/α,β-unsaturated/α-hetero) is 1. The van der Waals surface area contributed by atoms with Gasteiger partial charge < -0.3 is 0 Å². The molecule has 7 heteroatoms. The average molecular weight is 323 g/mol. The molecule has 17 heavy (non-hydrogen) atoms. The van der Waals surface area contributed by atoms with E-state index in [9.17, 15) is 26.7 Å². The first-order valence-corrected chi connectivity index (χ1v) is 6.16. The van der Waals surface area contributed by atoms with E-state index in [-0.39, 0.29) is 38.0 Å². The second kappa shape index (κ2) is 5.20. The Morgan fingerprint density at radius 2 is 1.76 bits per heavy atom. The lowest BCUT2D eigenvalue weighted by Gasteiger charge is -2.29. The number of alkyl halides is 6. The Labute approximate surface area is 104 Å². The minimum Gasteiger partial charge on any atom is -0.288 e. The predicted molar refractivity (Wildman–Crippen MR) is 55.3 cm³/mol. The molecule has 0 saturated heterocycles. The van der Waals surface area contributed by atoms with Crippen LogP contribution in [0.15, 0.2) is 0 Å². The summed E-state index contributed by atoms with van der Waals surface area (Å²) < 4.78 is 61.8. The lowest BCUT2D eigenvalue weighted by Crippen LogP contribution is -2.33. The van der Waals surface area contributed by atoms with Crippen LogP contribution in [-0.2, 0) is 4.79 Å². The van der Waals surface area contributed by atoms with E-state index in [1.54, 1.807) is 0 Å². The molecule has 0 aromatic heterocycles. The highest BCUT2D eigenvalue weighted by Gasteiger charge is 2.44. The molecule has 0 aromatic rings. The van der Waals surface area contributed by atoms with Crippen LogP contribution in [0.5, 0.6) is 0 Å². The van der Waals surface area contributed by atoms with Crippen molar-refractivity contribution in [2.45, 2.75) is 49.0 Å². The van der Waals surface area contributed by atoms with Crippen LogP contribution in [0, 0.1) is 5.92 Å². The van der Waals surface area contributed by atoms with E-state index in [1.165, 1.54) is 0 Å². The van der Waals surface area contributed by atoms with Crippen LogP contribution in [0.1, 0.15) is 32.1 Å². The molecule has 1 aliphatic rings. The highest BCUT2D eigenvalue weighted by atomic mass is 79.9. The topological polar surface area (TPSA) is 17.1 Å². The fourth-order valence-electron chi connectivity index (χ4n) is 1.91. The molecule has 0 unspecified atom stereocenters. The van der Waals surface area contributed by atoms with E-state index in [1.807, 2.05) is 0 Å². The predicted octanol–water partition coefficient (Wildman–Crippen LogP) is 4.10. The van der Waals surface area contributed by atoms with Crippen LogP contribution in [0.3, 0.4) is 0 Å². The van der Waals surface area contributed by atoms with Gasteiger partial charge >= 0.3 is 6.18 Å². The third kappa shape index (κ3) is 4.52. The van der Waals surface area contributed by atoms with E-state index in [4.69, 9.17) is 0 Å². The number of hydrogen-bond acceptors (Lipinski definition) is 1. The average Bonchev–Trinajstić information content (AvgIpc) is 2.18. The second-order valence-corrected chi connectivity index (χ2v) is 5.47. The van der Waals surface area contributed by atoms with Gasteiger partial charge in [-0.3, -0.25) is 4.79 Å². The highest BCUT2D eigenvalue weighted by molar-refractivity contribution is 9.10. The largest absolute Gasteiger partial charge is 0.451 e. The number of carbonyl (C=O) groups is 1. The fourth-order valence-corrected chi connectivity index (χ4v) is 2.70. The van der Waals surface area contributed by atoms with Crippen molar-refractivity contribution in [2.75, 3.05) is 0 Å². The van der Waals surface area contributed by atoms with Crippen molar-refractivity contribution in [3.63, 3.8) is 0 Å². The number of carbonyl (C=O) groups excluding carboxylic acids is 1. The first kappa shape index (κ1) is 14.9. The Morgan fingerprint density at radius 1 is 1.29 bits per heavy atom. The van der Waals surface area contributed by atoms with Gasteiger partial charge in [0.1, 0.15) is 0 Å². The molecule has 0 aliphatic heterocycles. The zero-order valence-electron chi connectivity index (χ0n) is 8.87. The van der Waals surface area contributed by atoms with Gasteiger partial charge in [-0.2, -0.15) is 13.2 Å². The molecule has 0 aromatic carbocycles. The zero-order valence-corrected chi connectivity index (χ0v) is 10.5. The summed E-state index contributed by atoms with van der Waals surface area (Å²) in [7, 11) is 0. The van der Waals surface area contributed by atoms with Crippen LogP contribution in [-0.4, -0.2) is 22.7 Å². The number of rotatable bonds is 3. The minimum absolute atomic E-state index is 0.0333. The molecule has 0 bridgehead atoms. The maximum absolute atomic E-state index is 12.8. The van der Waals surface area contributed by atoms with Gasteiger partial charge in [-0.05, 0) is 25.2 Å². The molecule has 100 valence electrons. The molecule has 0 amide bonds. The van der Waals surface area contributed by atoms with Crippen molar-refractivity contribution in [3.05, 3.63) is 0 Å². The molecule has 0 heterocycles. The van der Waals surface area contributed by atoms with Crippen LogP contribution >= 0.6 is 15.9 Å². The van der Waals surface area contributed by atoms with Crippen LogP contribution in [0.2, 0.25) is 0 Å². The van der Waals surface area contributed by atoms with Gasteiger partial charge in [0.05, 0.1) is 4.83 Å². The molecular weight excluding hydrogens is 311 g/mol. The normalized spacial score (nSPS) is 23.4. The second-order valence-electron chi connectivity index (χ2n) is 4.36. The summed E-state index contributed by atoms with van der Waals surface area (Å²) in [6.07, 6.45) is -5.18. The van der Waals surface area contributed by atoms with E-state index < -0.39 is 22.7 Å². The Morgan fingerprint density at radius 3 is 2.18 bits per heavy atom. The molecular formula is C10H12BrF5O. The van der Waals surface area contributed by atoms with Crippen LogP contribution in [0.25, 0.3) is 0 Å². The van der Waals surface area contributed by atoms with Gasteiger partial charge in [0.2, 0.25) is 11.7 Å². The van der Waals surface area contributed by atoms with Gasteiger partial charge in [-0.15, -0.1) is 0 Å². The van der Waals surface area contributed by atoms with Crippen LogP contribution < -0.4 is 0 Å². The Hall–Kier alpha value is -0.200. The third-order valence-electron chi connectivity index (χ3n) is 2.94. The maximum Gasteiger partial charge on any atom is 0.451 e. The summed E-state index contributed by atoms with van der Waals surface area (Å²) in [5.74, 6) is -4.79. The summed E-state index contributed by atoms with van der Waals surface area (Å²) in [5.41, 5.74) is 0. The molecule has 1 saturated carbocycles. The van der Waals surface area contributed by atoms with Gasteiger partial charge in [0, 0.05) is 12.8 Å². The van der Waals surface area contributed by atoms with E-state index in [2.05, 4.69) is 15.9 Å². The van der Waals surface area contributed by atoms with Crippen molar-refractivity contribution in [1.82, 2.24) is 0 Å². The Kier molecular flexibility index (Phi) is 4.54. The number of hydrogen-bond donors (Lipinski definition) is 0. The smallest absolute Gasteiger partial charge is 0.288 e. The summed E-state index contributed by atoms with van der Waals surface area (Å²) in [6.45, 7) is 0. The van der Waals surface area contributed by atoms with Crippen molar-refractivity contribution >= 4 is 21.7 Å². The lowest BCUT2D eigenvalue weighted by molar-refractivity contribution is -0.170. The third-order valence-corrected chi connectivity index (χ3v) is 3.73. The lowest BCUT2D eigenvalue weighted by atomic mass is 9.83. The Bertz CT molecular complexity index is 279. The summed E-state index contributed by atoms with van der Waals surface area (Å²) in [6, 6.07) is 0. The van der Waals surface area contributed by atoms with E-state index in [0.717, 1.165) is 0 Å². The van der Waals surface area contributed by atoms with E-state index in [0.29, 0.717) is 0 Å². The molecule has 0 radical (unpaired) electrons. The van der Waals surface area contributed by atoms with E-state index >= 15 is 0 Å². The fraction of sp³-hybridized carbons (Fsp3) is 0.900. The standard InChI is InChI=1S/C10H12BrF5O/c11-7(8(17)10(14,15)16)5-6-1-3-9(12,13)4-2-6/h6-7H,1-5H2/t7-/m1/s1. The van der Waals surface area contributed by atoms with Gasteiger partial charge in [0.15, 0.2) is 0 Å². The first-order valence-electron chi connectivity index (χ1n) is 5.25. The number of halogens is 6. The van der Waals surface area contributed by atoms with Crippen molar-refractivity contribution in [3.8, 4) is 0 Å². The van der Waals surface area contributed by atoms with Gasteiger partial charge in [0.25, 0.3) is 0 Å². The van der Waals surface area contributed by atoms with Crippen LogP contribution in [0.4, 0.5) is 22.0 Å². The quantitative estimate of drug-likeness (QED) is 0.565. The summed E-state index contributed by atoms with van der Waals surface area (Å²) in [4.78, 5) is 9.53. The minimum atomic E-state index is -4.87. The molecule has 1 aliphatic carbocycles. The molecule has 1 nitrogen and oxygen atoms in total. The summed E-state index contributed by atoms with van der Waals surface area (Å²) in [5, 5.41) is 0. The molecule has 0 N–H and O–H groups in total.